The Balaban J connectivity index is 1.45. The Hall–Kier alpha value is -0.0400. The van der Waals surface area contributed by atoms with E-state index in [0.29, 0.717) is 0 Å². The van der Waals surface area contributed by atoms with Gasteiger partial charge in [-0.1, -0.05) is 13.8 Å². The normalized spacial score (nSPS) is 48.6. The van der Waals surface area contributed by atoms with E-state index in [2.05, 4.69) is 19.2 Å². The van der Waals surface area contributed by atoms with Gasteiger partial charge in [-0.2, -0.15) is 0 Å². The largest absolute Gasteiger partial charge is 0.316 e. The standard InChI is InChI=1S/C13H23N/c1-8(2)6-14-7-11-12-9-3-4-10(5-9)13(11)12/h8-14H,3-7H2,1-2H3. The monoisotopic (exact) mass is 193 g/mol. The number of rotatable bonds is 4. The molecule has 0 radical (unpaired) electrons. The van der Waals surface area contributed by atoms with Crippen molar-refractivity contribution in [1.29, 1.82) is 0 Å². The van der Waals surface area contributed by atoms with Gasteiger partial charge in [0.25, 0.3) is 0 Å². The second-order valence-corrected chi connectivity index (χ2v) is 6.20. The van der Waals surface area contributed by atoms with Gasteiger partial charge in [0.05, 0.1) is 0 Å². The van der Waals surface area contributed by atoms with Crippen LogP contribution in [0.15, 0.2) is 0 Å². The third kappa shape index (κ3) is 1.32. The molecule has 0 aliphatic heterocycles. The van der Waals surface area contributed by atoms with Crippen molar-refractivity contribution < 1.29 is 0 Å². The first-order valence-electron chi connectivity index (χ1n) is 6.48. The van der Waals surface area contributed by atoms with Crippen LogP contribution in [0.1, 0.15) is 33.1 Å². The molecule has 4 unspecified atom stereocenters. The summed E-state index contributed by atoms with van der Waals surface area (Å²) < 4.78 is 0. The van der Waals surface area contributed by atoms with Crippen molar-refractivity contribution in [1.82, 2.24) is 5.32 Å². The first-order chi connectivity index (χ1) is 6.77. The molecule has 3 saturated carbocycles. The Morgan fingerprint density at radius 2 is 1.79 bits per heavy atom. The lowest BCUT2D eigenvalue weighted by molar-refractivity contribution is 0.431. The lowest BCUT2D eigenvalue weighted by Gasteiger charge is -2.10. The quantitative estimate of drug-likeness (QED) is 0.723. The third-order valence-corrected chi connectivity index (χ3v) is 4.83. The summed E-state index contributed by atoms with van der Waals surface area (Å²) in [6, 6.07) is 0. The molecule has 3 aliphatic carbocycles. The minimum absolute atomic E-state index is 0.810. The SMILES string of the molecule is CC(C)CNCC1C2C3CCC(C3)C12. The molecule has 1 N–H and O–H groups in total. The minimum atomic E-state index is 0.810. The number of nitrogens with one attached hydrogen (secondary N) is 1. The van der Waals surface area contributed by atoms with Gasteiger partial charge in [0.15, 0.2) is 0 Å². The number of hydrogen-bond donors (Lipinski definition) is 1. The third-order valence-electron chi connectivity index (χ3n) is 4.83. The second kappa shape index (κ2) is 3.23. The molecule has 1 heteroatoms. The van der Waals surface area contributed by atoms with Crippen molar-refractivity contribution in [2.24, 2.45) is 35.5 Å². The summed E-state index contributed by atoms with van der Waals surface area (Å²) >= 11 is 0. The van der Waals surface area contributed by atoms with Crippen molar-refractivity contribution in [2.75, 3.05) is 13.1 Å². The van der Waals surface area contributed by atoms with Gasteiger partial charge in [0.2, 0.25) is 0 Å². The van der Waals surface area contributed by atoms with E-state index in [4.69, 9.17) is 0 Å². The zero-order valence-corrected chi connectivity index (χ0v) is 9.50. The number of hydrogen-bond acceptors (Lipinski definition) is 1. The van der Waals surface area contributed by atoms with Crippen LogP contribution in [0, 0.1) is 35.5 Å². The molecule has 1 nitrogen and oxygen atoms in total. The molecule has 0 saturated heterocycles. The summed E-state index contributed by atoms with van der Waals surface area (Å²) in [4.78, 5) is 0. The van der Waals surface area contributed by atoms with Gasteiger partial charge in [0.1, 0.15) is 0 Å². The summed E-state index contributed by atoms with van der Waals surface area (Å²) in [5.41, 5.74) is 0. The summed E-state index contributed by atoms with van der Waals surface area (Å²) in [6.45, 7) is 7.13. The van der Waals surface area contributed by atoms with Crippen LogP contribution in [-0.2, 0) is 0 Å². The zero-order chi connectivity index (χ0) is 9.71. The molecular weight excluding hydrogens is 170 g/mol. The van der Waals surface area contributed by atoms with E-state index in [1.807, 2.05) is 0 Å². The van der Waals surface area contributed by atoms with E-state index in [-0.39, 0.29) is 0 Å². The Bertz CT molecular complexity index is 207. The van der Waals surface area contributed by atoms with Crippen LogP contribution in [0.25, 0.3) is 0 Å². The fraction of sp³-hybridized carbons (Fsp3) is 1.00. The molecule has 3 fully saturated rings. The summed E-state index contributed by atoms with van der Waals surface area (Å²) in [6.07, 6.45) is 4.72. The second-order valence-electron chi connectivity index (χ2n) is 6.20. The number of fused-ring (bicyclic) bond motifs is 5. The van der Waals surface area contributed by atoms with E-state index in [9.17, 15) is 0 Å². The fourth-order valence-electron chi connectivity index (χ4n) is 4.32. The highest BCUT2D eigenvalue weighted by Crippen LogP contribution is 2.69. The molecule has 0 aromatic heterocycles. The lowest BCUT2D eigenvalue weighted by Crippen LogP contribution is -2.23. The molecule has 2 bridgehead atoms. The van der Waals surface area contributed by atoms with Gasteiger partial charge >= 0.3 is 0 Å². The van der Waals surface area contributed by atoms with Crippen LogP contribution in [0.4, 0.5) is 0 Å². The smallest absolute Gasteiger partial charge is 0.00147 e. The lowest BCUT2D eigenvalue weighted by atomic mass is 10.0. The van der Waals surface area contributed by atoms with Gasteiger partial charge < -0.3 is 5.32 Å². The molecule has 0 aromatic rings. The molecule has 0 spiro atoms. The van der Waals surface area contributed by atoms with Gasteiger partial charge in [-0.05, 0) is 67.9 Å². The molecule has 80 valence electrons. The predicted octanol–water partition coefficient (Wildman–Crippen LogP) is 2.52. The van der Waals surface area contributed by atoms with E-state index in [1.165, 1.54) is 13.1 Å². The Kier molecular flexibility index (Phi) is 2.12. The molecular formula is C13H23N. The van der Waals surface area contributed by atoms with Crippen molar-refractivity contribution in [3.05, 3.63) is 0 Å². The maximum Gasteiger partial charge on any atom is -0.00147 e. The molecule has 4 atom stereocenters. The van der Waals surface area contributed by atoms with Gasteiger partial charge in [0, 0.05) is 0 Å². The highest BCUT2D eigenvalue weighted by atomic mass is 14.9. The highest BCUT2D eigenvalue weighted by molar-refractivity contribution is 5.13. The van der Waals surface area contributed by atoms with Crippen LogP contribution in [-0.4, -0.2) is 13.1 Å². The first kappa shape index (κ1) is 9.21. The van der Waals surface area contributed by atoms with Crippen LogP contribution in [0.3, 0.4) is 0 Å². The van der Waals surface area contributed by atoms with Gasteiger partial charge in [-0.15, -0.1) is 0 Å². The highest BCUT2D eigenvalue weighted by Gasteiger charge is 2.64. The van der Waals surface area contributed by atoms with E-state index in [1.54, 1.807) is 19.3 Å². The summed E-state index contributed by atoms with van der Waals surface area (Å²) in [7, 11) is 0. The maximum atomic E-state index is 3.64. The molecule has 0 heterocycles. The van der Waals surface area contributed by atoms with Crippen molar-refractivity contribution in [2.45, 2.75) is 33.1 Å². The van der Waals surface area contributed by atoms with Crippen LogP contribution in [0.5, 0.6) is 0 Å². The topological polar surface area (TPSA) is 12.0 Å². The van der Waals surface area contributed by atoms with Gasteiger partial charge in [-0.3, -0.25) is 0 Å². The average Bonchev–Trinajstić information content (AvgIpc) is 2.57. The minimum Gasteiger partial charge on any atom is -0.316 e. The fourth-order valence-corrected chi connectivity index (χ4v) is 4.32. The molecule has 0 amide bonds. The summed E-state index contributed by atoms with van der Waals surface area (Å²) in [5, 5.41) is 3.64. The predicted molar refractivity (Wildman–Crippen MR) is 59.0 cm³/mol. The Morgan fingerprint density at radius 1 is 1.14 bits per heavy atom. The molecule has 0 aromatic carbocycles. The van der Waals surface area contributed by atoms with Crippen molar-refractivity contribution in [3.8, 4) is 0 Å². The van der Waals surface area contributed by atoms with Crippen molar-refractivity contribution in [3.63, 3.8) is 0 Å². The Morgan fingerprint density at radius 3 is 2.36 bits per heavy atom. The van der Waals surface area contributed by atoms with Crippen LogP contribution in [0.2, 0.25) is 0 Å². The maximum absolute atomic E-state index is 3.64. The Labute approximate surface area is 87.7 Å². The summed E-state index contributed by atoms with van der Waals surface area (Å²) in [5.74, 6) is 6.51. The van der Waals surface area contributed by atoms with Crippen molar-refractivity contribution >= 4 is 0 Å². The average molecular weight is 193 g/mol. The van der Waals surface area contributed by atoms with Crippen LogP contribution < -0.4 is 5.32 Å². The van der Waals surface area contributed by atoms with E-state index < -0.39 is 0 Å². The van der Waals surface area contributed by atoms with E-state index >= 15 is 0 Å². The van der Waals surface area contributed by atoms with Gasteiger partial charge in [-0.25, -0.2) is 0 Å². The molecule has 3 aliphatic rings. The first-order valence-corrected chi connectivity index (χ1v) is 6.48. The van der Waals surface area contributed by atoms with Crippen LogP contribution >= 0.6 is 0 Å². The zero-order valence-electron chi connectivity index (χ0n) is 9.50. The molecule has 3 rings (SSSR count). The molecule has 14 heavy (non-hydrogen) atoms. The van der Waals surface area contributed by atoms with E-state index in [0.717, 1.165) is 35.5 Å².